The Morgan fingerprint density at radius 2 is 1.97 bits per heavy atom. The molecule has 7 nitrogen and oxygen atoms in total. The molecule has 29 heavy (non-hydrogen) atoms. The maximum Gasteiger partial charge on any atom is 0.251 e. The third kappa shape index (κ3) is 5.03. The third-order valence-electron chi connectivity index (χ3n) is 5.50. The molecule has 2 aromatic rings. The highest BCUT2D eigenvalue weighted by Crippen LogP contribution is 2.25. The molecule has 158 valence electrons. The molecule has 3 rings (SSSR count). The van der Waals surface area contributed by atoms with Gasteiger partial charge in [-0.3, -0.25) is 9.69 Å². The van der Waals surface area contributed by atoms with Gasteiger partial charge in [0, 0.05) is 25.2 Å². The molecule has 1 aromatic carbocycles. The van der Waals surface area contributed by atoms with Crippen LogP contribution < -0.4 is 10.6 Å². The van der Waals surface area contributed by atoms with Gasteiger partial charge < -0.3 is 15.2 Å². The Morgan fingerprint density at radius 1 is 1.28 bits per heavy atom. The SMILES string of the molecule is CC(C)C(NC(=O)c1ccc(C(C)(C)C)cc1)c1nc(C2CNCCN2C)no1. The number of hydrogen-bond acceptors (Lipinski definition) is 6. The number of rotatable bonds is 5. The molecule has 0 aliphatic carbocycles. The molecule has 2 N–H and O–H groups in total. The van der Waals surface area contributed by atoms with E-state index in [0.717, 1.165) is 19.6 Å². The van der Waals surface area contributed by atoms with Crippen LogP contribution in [0, 0.1) is 5.92 Å². The number of nitrogens with one attached hydrogen (secondary N) is 2. The third-order valence-corrected chi connectivity index (χ3v) is 5.50. The molecule has 0 radical (unpaired) electrons. The minimum absolute atomic E-state index is 0.0524. The average Bonchev–Trinajstić information content (AvgIpc) is 3.15. The van der Waals surface area contributed by atoms with E-state index in [1.54, 1.807) is 0 Å². The molecular weight excluding hydrogens is 366 g/mol. The summed E-state index contributed by atoms with van der Waals surface area (Å²) >= 11 is 0. The van der Waals surface area contributed by atoms with Crippen LogP contribution in [-0.2, 0) is 5.41 Å². The van der Waals surface area contributed by atoms with Gasteiger partial charge >= 0.3 is 0 Å². The number of likely N-dealkylation sites (N-methyl/N-ethyl adjacent to an activating group) is 1. The summed E-state index contributed by atoms with van der Waals surface area (Å²) in [6.07, 6.45) is 0. The minimum atomic E-state index is -0.340. The zero-order valence-electron chi connectivity index (χ0n) is 18.3. The number of carbonyl (C=O) groups is 1. The fraction of sp³-hybridized carbons (Fsp3) is 0.591. The summed E-state index contributed by atoms with van der Waals surface area (Å²) in [5.74, 6) is 1.08. The highest BCUT2D eigenvalue weighted by atomic mass is 16.5. The molecule has 1 amide bonds. The monoisotopic (exact) mass is 399 g/mol. The molecule has 0 spiro atoms. The molecule has 1 aliphatic heterocycles. The molecule has 1 aromatic heterocycles. The summed E-state index contributed by atoms with van der Waals surface area (Å²) in [6.45, 7) is 13.2. The second kappa shape index (κ2) is 8.63. The highest BCUT2D eigenvalue weighted by molar-refractivity contribution is 5.94. The minimum Gasteiger partial charge on any atom is -0.340 e. The van der Waals surface area contributed by atoms with Gasteiger partial charge in [-0.15, -0.1) is 0 Å². The highest BCUT2D eigenvalue weighted by Gasteiger charge is 2.29. The van der Waals surface area contributed by atoms with E-state index < -0.39 is 0 Å². The Hall–Kier alpha value is -2.25. The van der Waals surface area contributed by atoms with Gasteiger partial charge in [-0.25, -0.2) is 0 Å². The first-order valence-corrected chi connectivity index (χ1v) is 10.3. The van der Waals surface area contributed by atoms with Crippen LogP contribution in [0.4, 0.5) is 0 Å². The Bertz CT molecular complexity index is 822. The Kier molecular flexibility index (Phi) is 6.39. The van der Waals surface area contributed by atoms with E-state index in [9.17, 15) is 4.79 Å². The van der Waals surface area contributed by atoms with Crippen LogP contribution in [0.15, 0.2) is 28.8 Å². The van der Waals surface area contributed by atoms with Crippen LogP contribution in [0.3, 0.4) is 0 Å². The Balaban J connectivity index is 1.74. The van der Waals surface area contributed by atoms with E-state index in [0.29, 0.717) is 17.3 Å². The first-order valence-electron chi connectivity index (χ1n) is 10.3. The summed E-state index contributed by atoms with van der Waals surface area (Å²) < 4.78 is 5.56. The van der Waals surface area contributed by atoms with Crippen molar-refractivity contribution in [2.45, 2.75) is 52.1 Å². The smallest absolute Gasteiger partial charge is 0.251 e. The molecule has 2 heterocycles. The van der Waals surface area contributed by atoms with Crippen LogP contribution in [0.2, 0.25) is 0 Å². The van der Waals surface area contributed by atoms with E-state index >= 15 is 0 Å². The van der Waals surface area contributed by atoms with Gasteiger partial charge in [0.25, 0.3) is 5.91 Å². The van der Waals surface area contributed by atoms with Crippen molar-refractivity contribution in [2.75, 3.05) is 26.7 Å². The van der Waals surface area contributed by atoms with E-state index in [-0.39, 0.29) is 29.3 Å². The van der Waals surface area contributed by atoms with Gasteiger partial charge in [-0.1, -0.05) is 51.9 Å². The predicted octanol–water partition coefficient (Wildman–Crippen LogP) is 3.07. The van der Waals surface area contributed by atoms with E-state index in [1.807, 2.05) is 38.1 Å². The van der Waals surface area contributed by atoms with Crippen LogP contribution in [0.25, 0.3) is 0 Å². The van der Waals surface area contributed by atoms with Crippen molar-refractivity contribution in [2.24, 2.45) is 5.92 Å². The van der Waals surface area contributed by atoms with Crippen molar-refractivity contribution in [1.82, 2.24) is 25.7 Å². The van der Waals surface area contributed by atoms with Crippen LogP contribution >= 0.6 is 0 Å². The number of aromatic nitrogens is 2. The Morgan fingerprint density at radius 3 is 2.55 bits per heavy atom. The summed E-state index contributed by atoms with van der Waals surface area (Å²) in [4.78, 5) is 19.7. The summed E-state index contributed by atoms with van der Waals surface area (Å²) in [6, 6.07) is 7.50. The van der Waals surface area contributed by atoms with Gasteiger partial charge in [0.15, 0.2) is 5.82 Å². The van der Waals surface area contributed by atoms with Crippen molar-refractivity contribution in [3.63, 3.8) is 0 Å². The average molecular weight is 400 g/mol. The number of piperazine rings is 1. The van der Waals surface area contributed by atoms with Gasteiger partial charge in [-0.2, -0.15) is 4.98 Å². The largest absolute Gasteiger partial charge is 0.340 e. The lowest BCUT2D eigenvalue weighted by atomic mass is 9.86. The topological polar surface area (TPSA) is 83.3 Å². The second-order valence-electron chi connectivity index (χ2n) is 9.21. The van der Waals surface area contributed by atoms with Crippen LogP contribution in [0.1, 0.15) is 74.3 Å². The lowest BCUT2D eigenvalue weighted by molar-refractivity contribution is 0.0914. The van der Waals surface area contributed by atoms with Crippen LogP contribution in [0.5, 0.6) is 0 Å². The lowest BCUT2D eigenvalue weighted by Gasteiger charge is -2.30. The molecule has 1 fully saturated rings. The van der Waals surface area contributed by atoms with Gasteiger partial charge in [-0.05, 0) is 36.1 Å². The summed E-state index contributed by atoms with van der Waals surface area (Å²) in [7, 11) is 2.06. The van der Waals surface area contributed by atoms with Crippen LogP contribution in [-0.4, -0.2) is 47.6 Å². The number of hydrogen-bond donors (Lipinski definition) is 2. The van der Waals surface area contributed by atoms with Gasteiger partial charge in [0.2, 0.25) is 5.89 Å². The van der Waals surface area contributed by atoms with Gasteiger partial charge in [0.05, 0.1) is 6.04 Å². The molecule has 7 heteroatoms. The zero-order chi connectivity index (χ0) is 21.2. The van der Waals surface area contributed by atoms with E-state index in [4.69, 9.17) is 4.52 Å². The number of carbonyl (C=O) groups excluding carboxylic acids is 1. The van der Waals surface area contributed by atoms with Crippen molar-refractivity contribution in [3.8, 4) is 0 Å². The second-order valence-corrected chi connectivity index (χ2v) is 9.21. The molecule has 1 aliphatic rings. The zero-order valence-corrected chi connectivity index (χ0v) is 18.3. The maximum absolute atomic E-state index is 12.8. The fourth-order valence-corrected chi connectivity index (χ4v) is 3.46. The molecule has 0 saturated carbocycles. The van der Waals surface area contributed by atoms with Crippen molar-refractivity contribution < 1.29 is 9.32 Å². The summed E-state index contributed by atoms with van der Waals surface area (Å²) in [5.41, 5.74) is 1.87. The lowest BCUT2D eigenvalue weighted by Crippen LogP contribution is -2.44. The molecule has 2 unspecified atom stereocenters. The standard InChI is InChI=1S/C22H33N5O2/c1-14(2)18(21-25-19(26-29-21)17-13-23-11-12-27(17)6)24-20(28)15-7-9-16(10-8-15)22(3,4)5/h7-10,14,17-18,23H,11-13H2,1-6H3,(H,24,28). The normalized spacial score (nSPS) is 19.3. The molecule has 1 saturated heterocycles. The number of amides is 1. The predicted molar refractivity (Wildman–Crippen MR) is 113 cm³/mol. The number of benzene rings is 1. The summed E-state index contributed by atoms with van der Waals surface area (Å²) in [5, 5.41) is 10.6. The molecule has 0 bridgehead atoms. The molecular formula is C22H33N5O2. The van der Waals surface area contributed by atoms with Gasteiger partial charge in [0.1, 0.15) is 6.04 Å². The van der Waals surface area contributed by atoms with Crippen molar-refractivity contribution in [3.05, 3.63) is 47.1 Å². The van der Waals surface area contributed by atoms with E-state index in [2.05, 4.69) is 53.5 Å². The Labute approximate surface area is 173 Å². The quantitative estimate of drug-likeness (QED) is 0.804. The first kappa shape index (κ1) is 21.5. The fourth-order valence-electron chi connectivity index (χ4n) is 3.46. The van der Waals surface area contributed by atoms with Crippen molar-refractivity contribution >= 4 is 5.91 Å². The first-order chi connectivity index (χ1) is 13.7. The number of nitrogens with zero attached hydrogens (tertiary/aromatic N) is 3. The van der Waals surface area contributed by atoms with Crippen molar-refractivity contribution in [1.29, 1.82) is 0 Å². The molecule has 2 atom stereocenters. The van der Waals surface area contributed by atoms with E-state index in [1.165, 1.54) is 5.56 Å². The maximum atomic E-state index is 12.8.